The molecule has 1 saturated heterocycles. The van der Waals surface area contributed by atoms with Crippen molar-refractivity contribution in [3.8, 4) is 22.4 Å². The second-order valence-electron chi connectivity index (χ2n) is 16.0. The van der Waals surface area contributed by atoms with Crippen molar-refractivity contribution in [3.05, 3.63) is 64.0 Å². The molecule has 52 heavy (non-hydrogen) atoms. The Hall–Kier alpha value is -4.13. The molecule has 4 aromatic heterocycles. The number of nitrogens with one attached hydrogen (secondary N) is 2. The van der Waals surface area contributed by atoms with Gasteiger partial charge in [0, 0.05) is 77.1 Å². The summed E-state index contributed by atoms with van der Waals surface area (Å²) in [5.74, 6) is -0.147. The summed E-state index contributed by atoms with van der Waals surface area (Å²) < 4.78 is 14.2. The number of aryl methyl sites for hydroxylation is 1. The Morgan fingerprint density at radius 2 is 2.06 bits per heavy atom. The zero-order valence-electron chi connectivity index (χ0n) is 30.8. The number of hydrazine groups is 1. The van der Waals surface area contributed by atoms with Crippen molar-refractivity contribution in [3.63, 3.8) is 0 Å². The Labute approximate surface area is 308 Å². The van der Waals surface area contributed by atoms with Crippen molar-refractivity contribution < 1.29 is 23.9 Å². The van der Waals surface area contributed by atoms with Gasteiger partial charge in [-0.2, -0.15) is 0 Å². The fourth-order valence-corrected chi connectivity index (χ4v) is 9.08. The summed E-state index contributed by atoms with van der Waals surface area (Å²) in [6.07, 6.45) is 7.07. The number of rotatable bonds is 6. The van der Waals surface area contributed by atoms with Crippen molar-refractivity contribution in [1.29, 1.82) is 0 Å². The molecular weight excluding hydrogens is 677 g/mol. The molecule has 4 aromatic rings. The fraction of sp³-hybridized carbons (Fsp3) is 0.525. The van der Waals surface area contributed by atoms with E-state index in [2.05, 4.69) is 67.2 Å². The predicted octanol–water partition coefficient (Wildman–Crippen LogP) is 5.55. The summed E-state index contributed by atoms with van der Waals surface area (Å²) in [6, 6.07) is 6.95. The highest BCUT2D eigenvalue weighted by atomic mass is 32.1. The topological polar surface area (TPSA) is 127 Å². The number of nitrogens with zero attached hydrogens (tertiary/aromatic N) is 4. The van der Waals surface area contributed by atoms with E-state index in [1.165, 1.54) is 17.0 Å². The molecule has 11 nitrogen and oxygen atoms in total. The van der Waals surface area contributed by atoms with Gasteiger partial charge >= 0.3 is 5.97 Å². The van der Waals surface area contributed by atoms with Gasteiger partial charge in [-0.25, -0.2) is 10.4 Å². The van der Waals surface area contributed by atoms with Gasteiger partial charge in [0.05, 0.1) is 29.1 Å². The average molecular weight is 725 g/mol. The lowest BCUT2D eigenvalue weighted by Crippen LogP contribution is -2.61. The number of ether oxygens (including phenoxy) is 2. The van der Waals surface area contributed by atoms with Crippen molar-refractivity contribution >= 4 is 34.6 Å². The summed E-state index contributed by atoms with van der Waals surface area (Å²) in [5.41, 5.74) is 11.0. The van der Waals surface area contributed by atoms with Crippen molar-refractivity contribution in [2.45, 2.75) is 84.9 Å². The Balaban J connectivity index is 1.25. The monoisotopic (exact) mass is 724 g/mol. The maximum Gasteiger partial charge on any atom is 0.325 e. The van der Waals surface area contributed by atoms with Crippen molar-refractivity contribution in [1.82, 2.24) is 30.1 Å². The molecular formula is C40H48N6O5S. The molecule has 6 bridgehead atoms. The summed E-state index contributed by atoms with van der Waals surface area (Å²) in [7, 11) is 1.70. The number of methoxy groups -OCH3 is 1. The molecule has 0 radical (unpaired) electrons. The van der Waals surface area contributed by atoms with E-state index < -0.39 is 17.5 Å². The zero-order chi connectivity index (χ0) is 36.5. The molecule has 2 saturated carbocycles. The van der Waals surface area contributed by atoms with Crippen LogP contribution >= 0.6 is 11.3 Å². The van der Waals surface area contributed by atoms with Gasteiger partial charge in [-0.05, 0) is 74.1 Å². The lowest BCUT2D eigenvalue weighted by atomic mass is 9.83. The highest BCUT2D eigenvalue weighted by molar-refractivity contribution is 7.10. The molecule has 3 fully saturated rings. The molecule has 2 aliphatic carbocycles. The first-order valence-corrected chi connectivity index (χ1v) is 19.5. The molecule has 7 atom stereocenters. The lowest BCUT2D eigenvalue weighted by molar-refractivity contribution is -0.156. The van der Waals surface area contributed by atoms with Crippen LogP contribution in [-0.2, 0) is 43.1 Å². The number of fused-ring (bicyclic) bond motifs is 8. The molecule has 2 N–H and O–H groups in total. The van der Waals surface area contributed by atoms with Crippen LogP contribution in [0.25, 0.3) is 27.9 Å². The fourth-order valence-electron chi connectivity index (χ4n) is 8.23. The van der Waals surface area contributed by atoms with E-state index in [4.69, 9.17) is 19.4 Å². The maximum absolute atomic E-state index is 14.2. The molecule has 8 rings (SSSR count). The first-order valence-electron chi connectivity index (χ1n) is 18.6. The predicted molar refractivity (Wildman–Crippen MR) is 198 cm³/mol. The molecule has 2 aliphatic heterocycles. The van der Waals surface area contributed by atoms with E-state index in [0.717, 1.165) is 63.4 Å². The van der Waals surface area contributed by atoms with Crippen molar-refractivity contribution in [2.75, 3.05) is 20.3 Å². The van der Waals surface area contributed by atoms with Crippen LogP contribution in [0.5, 0.6) is 0 Å². The van der Waals surface area contributed by atoms with E-state index in [9.17, 15) is 14.4 Å². The van der Waals surface area contributed by atoms with Crippen LogP contribution < -0.4 is 10.7 Å². The van der Waals surface area contributed by atoms with E-state index >= 15 is 0 Å². The minimum Gasteiger partial charge on any atom is -0.464 e. The standard InChI is InChI=1S/C40H48N6O5S/c1-7-31-34(25-9-8-11-41-35(25)22(3)50-6)28-17-40(4,5)20-51-39(49)36-27-14-24(27)18-46(44-36)38(48)29(43-37(47)26-13-21(26)2)16-33-42-30(19-52-33)23-10-12-45(31)32(28)15-23/h8-12,15,19,21-22,24,26-27,29,36,44H,7,13-14,16-18,20H2,1-6H3,(H,43,47)/t21-,22-,24+,26-,27+,29-,36-/m0/s1. The highest BCUT2D eigenvalue weighted by Gasteiger charge is 2.53. The number of esters is 1. The third-order valence-corrected chi connectivity index (χ3v) is 12.4. The molecule has 2 amide bonds. The van der Waals surface area contributed by atoms with Gasteiger partial charge < -0.3 is 19.2 Å². The van der Waals surface area contributed by atoms with Crippen LogP contribution in [0.2, 0.25) is 0 Å². The number of hydrogen-bond acceptors (Lipinski definition) is 9. The van der Waals surface area contributed by atoms with E-state index in [-0.39, 0.29) is 54.7 Å². The molecule has 0 unspecified atom stereocenters. The maximum atomic E-state index is 14.2. The molecule has 0 spiro atoms. The third kappa shape index (κ3) is 6.43. The van der Waals surface area contributed by atoms with Crippen LogP contribution in [-0.4, -0.2) is 69.5 Å². The van der Waals surface area contributed by atoms with Crippen LogP contribution in [0.4, 0.5) is 0 Å². The van der Waals surface area contributed by atoms with Crippen LogP contribution in [0.1, 0.15) is 75.5 Å². The van der Waals surface area contributed by atoms with E-state index in [1.807, 2.05) is 24.6 Å². The number of thiazole rings is 1. The lowest BCUT2D eigenvalue weighted by Gasteiger charge is -2.35. The quantitative estimate of drug-likeness (QED) is 0.248. The van der Waals surface area contributed by atoms with Gasteiger partial charge in [-0.3, -0.25) is 24.4 Å². The number of cyclic esters (lactones) is 1. The SMILES string of the molecule is CCc1c(-c2cccnc2[C@H](C)OC)c2c3cc(ccn13)-c1csc(n1)C[C@H](NC(=O)[C@H]1C[C@@H]1C)C(=O)N1C[C@H]3C[C@H]3[C@H](N1)C(=O)OCC(C)(C)C2. The highest BCUT2D eigenvalue weighted by Crippen LogP contribution is 2.46. The van der Waals surface area contributed by atoms with Gasteiger partial charge in [0.2, 0.25) is 5.91 Å². The number of aromatic nitrogens is 3. The Bertz CT molecular complexity index is 2050. The van der Waals surface area contributed by atoms with E-state index in [1.54, 1.807) is 12.1 Å². The summed E-state index contributed by atoms with van der Waals surface area (Å²) in [6.45, 7) is 11.2. The number of amides is 2. The first kappa shape index (κ1) is 34.9. The van der Waals surface area contributed by atoms with Gasteiger partial charge in [-0.15, -0.1) is 11.3 Å². The molecule has 274 valence electrons. The molecule has 12 heteroatoms. The van der Waals surface area contributed by atoms with Crippen LogP contribution in [0.15, 0.2) is 42.0 Å². The average Bonchev–Trinajstić information content (AvgIpc) is 4.01. The van der Waals surface area contributed by atoms with Gasteiger partial charge in [0.15, 0.2) is 0 Å². The van der Waals surface area contributed by atoms with Gasteiger partial charge in [-0.1, -0.05) is 33.8 Å². The van der Waals surface area contributed by atoms with Gasteiger partial charge in [0.1, 0.15) is 12.1 Å². The minimum atomic E-state index is -0.811. The Morgan fingerprint density at radius 3 is 2.81 bits per heavy atom. The second-order valence-corrected chi connectivity index (χ2v) is 17.0. The number of hydrogen-bond donors (Lipinski definition) is 2. The summed E-state index contributed by atoms with van der Waals surface area (Å²) >= 11 is 1.49. The molecule has 0 aromatic carbocycles. The van der Waals surface area contributed by atoms with Crippen LogP contribution in [0.3, 0.4) is 0 Å². The van der Waals surface area contributed by atoms with E-state index in [0.29, 0.717) is 18.9 Å². The second kappa shape index (κ2) is 13.4. The summed E-state index contributed by atoms with van der Waals surface area (Å²) in [4.78, 5) is 51.0. The molecule has 6 heterocycles. The Kier molecular flexibility index (Phi) is 8.98. The number of carbonyl (C=O) groups excluding carboxylic acids is 3. The van der Waals surface area contributed by atoms with Crippen LogP contribution in [0, 0.1) is 29.1 Å². The first-order chi connectivity index (χ1) is 25.0. The molecule has 4 aliphatic rings. The smallest absolute Gasteiger partial charge is 0.325 e. The zero-order valence-corrected chi connectivity index (χ0v) is 31.6. The van der Waals surface area contributed by atoms with Crippen molar-refractivity contribution in [2.24, 2.45) is 29.1 Å². The minimum absolute atomic E-state index is 0.0813. The normalized spacial score (nSPS) is 27.4. The Morgan fingerprint density at radius 1 is 1.25 bits per heavy atom. The summed E-state index contributed by atoms with van der Waals surface area (Å²) in [5, 5.41) is 7.41. The number of pyridine rings is 2. The third-order valence-electron chi connectivity index (χ3n) is 11.5. The number of carbonyl (C=O) groups is 3. The van der Waals surface area contributed by atoms with Gasteiger partial charge in [0.25, 0.3) is 5.91 Å². The largest absolute Gasteiger partial charge is 0.464 e.